The second kappa shape index (κ2) is 6.06. The second-order valence-corrected chi connectivity index (χ2v) is 4.52. The van der Waals surface area contributed by atoms with E-state index in [1.54, 1.807) is 0 Å². The van der Waals surface area contributed by atoms with Crippen LogP contribution >= 0.6 is 0 Å². The molecule has 0 radical (unpaired) electrons. The third-order valence-electron chi connectivity index (χ3n) is 3.00. The maximum atomic E-state index is 11.9. The Hall–Kier alpha value is -3.19. The zero-order valence-electron chi connectivity index (χ0n) is 11.4. The first kappa shape index (κ1) is 13.8. The topological polar surface area (TPSA) is 99.2 Å². The van der Waals surface area contributed by atoms with Gasteiger partial charge < -0.3 is 5.32 Å². The number of fused-ring (bicyclic) bond motifs is 1. The zero-order chi connectivity index (χ0) is 15.4. The Kier molecular flexibility index (Phi) is 3.80. The van der Waals surface area contributed by atoms with E-state index in [4.69, 9.17) is 5.21 Å². The Labute approximate surface area is 126 Å². The Balaban J connectivity index is 1.72. The number of hydrogen-bond donors (Lipinski definition) is 4. The summed E-state index contributed by atoms with van der Waals surface area (Å²) in [4.78, 5) is 19.7. The molecule has 0 saturated carbocycles. The monoisotopic (exact) mass is 295 g/mol. The van der Waals surface area contributed by atoms with Crippen LogP contribution in [0.15, 0.2) is 54.7 Å². The number of anilines is 3. The van der Waals surface area contributed by atoms with Crippen LogP contribution in [0.5, 0.6) is 0 Å². The van der Waals surface area contributed by atoms with Crippen molar-refractivity contribution in [3.8, 4) is 0 Å². The fourth-order valence-corrected chi connectivity index (χ4v) is 2.01. The van der Waals surface area contributed by atoms with Crippen LogP contribution in [-0.2, 0) is 0 Å². The first-order valence-electron chi connectivity index (χ1n) is 6.54. The number of benzene rings is 2. The van der Waals surface area contributed by atoms with Gasteiger partial charge in [-0.1, -0.05) is 30.3 Å². The van der Waals surface area contributed by atoms with Crippen LogP contribution in [0, 0.1) is 0 Å². The minimum absolute atomic E-state index is 0.0809. The maximum Gasteiger partial charge on any atom is 0.326 e. The molecule has 22 heavy (non-hydrogen) atoms. The van der Waals surface area contributed by atoms with Crippen LogP contribution in [0.2, 0.25) is 0 Å². The molecule has 0 aliphatic heterocycles. The van der Waals surface area contributed by atoms with Gasteiger partial charge in [-0.3, -0.25) is 16.0 Å². The minimum atomic E-state index is -0.467. The summed E-state index contributed by atoms with van der Waals surface area (Å²) in [7, 11) is 0. The van der Waals surface area contributed by atoms with E-state index in [1.165, 1.54) is 12.3 Å². The predicted molar refractivity (Wildman–Crippen MR) is 84.0 cm³/mol. The van der Waals surface area contributed by atoms with Crippen molar-refractivity contribution in [2.45, 2.75) is 0 Å². The first-order chi connectivity index (χ1) is 10.7. The highest BCUT2D eigenvalue weighted by atomic mass is 16.5. The molecule has 7 heteroatoms. The molecule has 110 valence electrons. The van der Waals surface area contributed by atoms with E-state index in [0.717, 1.165) is 10.8 Å². The van der Waals surface area contributed by atoms with Crippen LogP contribution in [0.4, 0.5) is 22.2 Å². The molecular weight excluding hydrogens is 282 g/mol. The fourth-order valence-electron chi connectivity index (χ4n) is 2.01. The smallest absolute Gasteiger partial charge is 0.308 e. The van der Waals surface area contributed by atoms with Gasteiger partial charge in [-0.05, 0) is 22.9 Å². The van der Waals surface area contributed by atoms with Gasteiger partial charge in [0.15, 0.2) is 5.82 Å². The van der Waals surface area contributed by atoms with Gasteiger partial charge >= 0.3 is 6.03 Å². The second-order valence-electron chi connectivity index (χ2n) is 4.52. The number of rotatable bonds is 3. The number of nitrogens with one attached hydrogen (secondary N) is 3. The van der Waals surface area contributed by atoms with Gasteiger partial charge in [0.1, 0.15) is 0 Å². The largest absolute Gasteiger partial charge is 0.326 e. The summed E-state index contributed by atoms with van der Waals surface area (Å²) in [5.74, 6) is 0.272. The third kappa shape index (κ3) is 3.10. The number of aromatic nitrogens is 2. The van der Waals surface area contributed by atoms with Gasteiger partial charge in [-0.25, -0.2) is 9.78 Å². The summed E-state index contributed by atoms with van der Waals surface area (Å²) in [5.41, 5.74) is 2.55. The van der Waals surface area contributed by atoms with Gasteiger partial charge in [0.25, 0.3) is 0 Å². The molecule has 1 aromatic heterocycles. The Morgan fingerprint density at radius 3 is 2.64 bits per heavy atom. The van der Waals surface area contributed by atoms with Crippen LogP contribution in [-0.4, -0.2) is 21.2 Å². The van der Waals surface area contributed by atoms with Crippen molar-refractivity contribution in [1.29, 1.82) is 0 Å². The van der Waals surface area contributed by atoms with Crippen molar-refractivity contribution < 1.29 is 10.0 Å². The summed E-state index contributed by atoms with van der Waals surface area (Å²) in [6, 6.07) is 14.5. The predicted octanol–water partition coefficient (Wildman–Crippen LogP) is 3.07. The lowest BCUT2D eigenvalue weighted by Crippen LogP contribution is -2.21. The summed E-state index contributed by atoms with van der Waals surface area (Å²) < 4.78 is 0. The molecule has 2 aromatic carbocycles. The molecule has 0 saturated heterocycles. The molecule has 7 nitrogen and oxygen atoms in total. The average molecular weight is 295 g/mol. The highest BCUT2D eigenvalue weighted by Gasteiger charge is 2.06. The SMILES string of the molecule is O=C(Nc1ccc2ccccc2c1)Nc1nccc(NO)n1. The molecule has 4 N–H and O–H groups in total. The van der Waals surface area contributed by atoms with Crippen LogP contribution in [0.3, 0.4) is 0 Å². The first-order valence-corrected chi connectivity index (χ1v) is 6.54. The molecule has 0 fully saturated rings. The van der Waals surface area contributed by atoms with E-state index in [9.17, 15) is 4.79 Å². The highest BCUT2D eigenvalue weighted by Crippen LogP contribution is 2.18. The fraction of sp³-hybridized carbons (Fsp3) is 0. The molecule has 0 aliphatic rings. The van der Waals surface area contributed by atoms with Crippen LogP contribution in [0.25, 0.3) is 10.8 Å². The van der Waals surface area contributed by atoms with E-state index >= 15 is 0 Å². The minimum Gasteiger partial charge on any atom is -0.308 e. The van der Waals surface area contributed by atoms with Crippen molar-refractivity contribution >= 4 is 34.3 Å². The van der Waals surface area contributed by atoms with E-state index in [2.05, 4.69) is 20.6 Å². The molecule has 0 unspecified atom stereocenters. The van der Waals surface area contributed by atoms with Crippen molar-refractivity contribution in [2.24, 2.45) is 0 Å². The molecule has 0 bridgehead atoms. The Morgan fingerprint density at radius 2 is 1.82 bits per heavy atom. The van der Waals surface area contributed by atoms with Gasteiger partial charge in [0.2, 0.25) is 5.95 Å². The number of carbonyl (C=O) groups excluding carboxylic acids is 1. The normalized spacial score (nSPS) is 10.2. The lowest BCUT2D eigenvalue weighted by atomic mass is 10.1. The maximum absolute atomic E-state index is 11.9. The standard InChI is InChI=1S/C15H13N5O2/c21-15(19-14-16-8-7-13(18-14)20-22)17-12-6-5-10-3-1-2-4-11(10)9-12/h1-9,22H,(H3,16,17,18,19,20,21). The molecule has 0 spiro atoms. The van der Waals surface area contributed by atoms with E-state index < -0.39 is 6.03 Å². The van der Waals surface area contributed by atoms with Gasteiger partial charge in [-0.2, -0.15) is 4.98 Å². The number of carbonyl (C=O) groups is 1. The van der Waals surface area contributed by atoms with E-state index in [1.807, 2.05) is 47.9 Å². The molecule has 3 rings (SSSR count). The van der Waals surface area contributed by atoms with Gasteiger partial charge in [-0.15, -0.1) is 0 Å². The molecule has 0 atom stereocenters. The number of urea groups is 1. The molecule has 3 aromatic rings. The summed E-state index contributed by atoms with van der Waals surface area (Å²) in [5, 5.41) is 16.1. The van der Waals surface area contributed by atoms with Gasteiger partial charge in [0.05, 0.1) is 0 Å². The van der Waals surface area contributed by atoms with Crippen molar-refractivity contribution in [3.05, 3.63) is 54.7 Å². The molecule has 2 amide bonds. The lowest BCUT2D eigenvalue weighted by molar-refractivity contribution is 0.262. The number of hydrogen-bond acceptors (Lipinski definition) is 5. The lowest BCUT2D eigenvalue weighted by Gasteiger charge is -2.08. The van der Waals surface area contributed by atoms with Crippen LogP contribution < -0.4 is 16.1 Å². The average Bonchev–Trinajstić information content (AvgIpc) is 2.55. The molecular formula is C15H13N5O2. The molecule has 1 heterocycles. The summed E-state index contributed by atoms with van der Waals surface area (Å²) >= 11 is 0. The third-order valence-corrected chi connectivity index (χ3v) is 3.00. The van der Waals surface area contributed by atoms with Crippen molar-refractivity contribution in [2.75, 3.05) is 16.1 Å². The highest BCUT2D eigenvalue weighted by molar-refractivity contribution is 6.00. The Morgan fingerprint density at radius 1 is 1.00 bits per heavy atom. The van der Waals surface area contributed by atoms with Crippen molar-refractivity contribution in [1.82, 2.24) is 9.97 Å². The zero-order valence-corrected chi connectivity index (χ0v) is 11.4. The number of nitrogens with zero attached hydrogens (tertiary/aromatic N) is 2. The quantitative estimate of drug-likeness (QED) is 0.556. The molecule has 0 aliphatic carbocycles. The van der Waals surface area contributed by atoms with E-state index in [-0.39, 0.29) is 11.8 Å². The van der Waals surface area contributed by atoms with E-state index in [0.29, 0.717) is 5.69 Å². The van der Waals surface area contributed by atoms with Gasteiger partial charge in [0, 0.05) is 18.0 Å². The Bertz CT molecular complexity index is 822. The van der Waals surface area contributed by atoms with Crippen LogP contribution in [0.1, 0.15) is 0 Å². The van der Waals surface area contributed by atoms with Crippen molar-refractivity contribution in [3.63, 3.8) is 0 Å². The number of amides is 2. The summed E-state index contributed by atoms with van der Waals surface area (Å²) in [6.45, 7) is 0. The summed E-state index contributed by atoms with van der Waals surface area (Å²) in [6.07, 6.45) is 1.41.